The van der Waals surface area contributed by atoms with Crippen molar-refractivity contribution in [3.05, 3.63) is 17.6 Å². The Morgan fingerprint density at radius 2 is 2.25 bits per heavy atom. The van der Waals surface area contributed by atoms with Crippen molar-refractivity contribution in [2.75, 3.05) is 0 Å². The van der Waals surface area contributed by atoms with Gasteiger partial charge < -0.3 is 0 Å². The van der Waals surface area contributed by atoms with Crippen molar-refractivity contribution < 1.29 is 0 Å². The standard InChI is InChI=1S/C5H3N3S4/c9-5-7-2-6-4(8-5)3-1-10-12-11-3/h1-2H,(H,6,7,8,9). The van der Waals surface area contributed by atoms with Crippen LogP contribution in [-0.2, 0) is 0 Å². The zero-order valence-electron chi connectivity index (χ0n) is 5.67. The van der Waals surface area contributed by atoms with Gasteiger partial charge in [-0.05, 0) is 20.6 Å². The van der Waals surface area contributed by atoms with Crippen LogP contribution in [0.15, 0.2) is 16.9 Å². The van der Waals surface area contributed by atoms with E-state index in [1.54, 1.807) is 31.4 Å². The van der Waals surface area contributed by atoms with Gasteiger partial charge in [-0.25, -0.2) is 15.0 Å². The monoisotopic (exact) mass is 233 g/mol. The molecule has 0 saturated carbocycles. The van der Waals surface area contributed by atoms with Crippen LogP contribution in [0.25, 0.3) is 4.91 Å². The number of rotatable bonds is 1. The maximum Gasteiger partial charge on any atom is 0.187 e. The smallest absolute Gasteiger partial charge is 0.187 e. The third kappa shape index (κ3) is 1.90. The average Bonchev–Trinajstić information content (AvgIpc) is 2.56. The third-order valence-electron chi connectivity index (χ3n) is 1.10. The molecule has 62 valence electrons. The first-order chi connectivity index (χ1) is 5.86. The van der Waals surface area contributed by atoms with Crippen LogP contribution in [0.3, 0.4) is 0 Å². The molecule has 1 aliphatic rings. The summed E-state index contributed by atoms with van der Waals surface area (Å²) in [5.74, 6) is 0.706. The molecule has 0 aromatic carbocycles. The van der Waals surface area contributed by atoms with Gasteiger partial charge in [0, 0.05) is 5.41 Å². The molecule has 0 aliphatic carbocycles. The van der Waals surface area contributed by atoms with Gasteiger partial charge in [-0.1, -0.05) is 10.8 Å². The molecule has 0 bridgehead atoms. The topological polar surface area (TPSA) is 38.7 Å². The Kier molecular flexibility index (Phi) is 2.84. The highest BCUT2D eigenvalue weighted by Gasteiger charge is 2.12. The van der Waals surface area contributed by atoms with E-state index in [1.807, 2.05) is 5.41 Å². The maximum absolute atomic E-state index is 4.08. The Hall–Kier alpha value is 0.150. The average molecular weight is 233 g/mol. The minimum Gasteiger partial charge on any atom is -0.216 e. The van der Waals surface area contributed by atoms with Crippen molar-refractivity contribution >= 4 is 48.9 Å². The molecule has 0 radical (unpaired) electrons. The first-order valence-electron chi connectivity index (χ1n) is 2.95. The van der Waals surface area contributed by atoms with Gasteiger partial charge >= 0.3 is 0 Å². The van der Waals surface area contributed by atoms with E-state index in [4.69, 9.17) is 0 Å². The van der Waals surface area contributed by atoms with Gasteiger partial charge in [0.25, 0.3) is 0 Å². The van der Waals surface area contributed by atoms with Crippen LogP contribution >= 0.6 is 44.0 Å². The molecule has 0 atom stereocenters. The highest BCUT2D eigenvalue weighted by atomic mass is 33.5. The van der Waals surface area contributed by atoms with E-state index >= 15 is 0 Å². The van der Waals surface area contributed by atoms with Gasteiger partial charge in [0.2, 0.25) is 0 Å². The molecule has 1 aliphatic heterocycles. The fourth-order valence-electron chi connectivity index (χ4n) is 0.636. The van der Waals surface area contributed by atoms with Crippen LogP contribution in [0.5, 0.6) is 0 Å². The lowest BCUT2D eigenvalue weighted by atomic mass is 10.6. The normalized spacial score (nSPS) is 16.2. The molecule has 0 saturated heterocycles. The second-order valence-electron chi connectivity index (χ2n) is 1.84. The lowest BCUT2D eigenvalue weighted by molar-refractivity contribution is 0.893. The summed E-state index contributed by atoms with van der Waals surface area (Å²) in [5.41, 5.74) is 0. The van der Waals surface area contributed by atoms with E-state index in [0.29, 0.717) is 11.0 Å². The largest absolute Gasteiger partial charge is 0.216 e. The summed E-state index contributed by atoms with van der Waals surface area (Å²) in [6, 6.07) is 0. The molecular formula is C5H3N3S4. The Morgan fingerprint density at radius 1 is 1.33 bits per heavy atom. The van der Waals surface area contributed by atoms with Crippen molar-refractivity contribution in [1.82, 2.24) is 15.0 Å². The van der Waals surface area contributed by atoms with Gasteiger partial charge in [-0.15, -0.1) is 12.6 Å². The van der Waals surface area contributed by atoms with Crippen molar-refractivity contribution in [3.8, 4) is 0 Å². The van der Waals surface area contributed by atoms with Crippen LogP contribution < -0.4 is 0 Å². The second-order valence-corrected chi connectivity index (χ2v) is 6.12. The quantitative estimate of drug-likeness (QED) is 0.593. The number of aromatic nitrogens is 3. The second kappa shape index (κ2) is 3.91. The highest BCUT2D eigenvalue weighted by Crippen LogP contribution is 2.51. The molecular weight excluding hydrogens is 230 g/mol. The van der Waals surface area contributed by atoms with E-state index < -0.39 is 0 Å². The third-order valence-corrected chi connectivity index (χ3v) is 5.01. The maximum atomic E-state index is 4.08. The Labute approximate surface area is 86.4 Å². The molecule has 0 unspecified atom stereocenters. The Balaban J connectivity index is 2.33. The van der Waals surface area contributed by atoms with Crippen LogP contribution in [0.2, 0.25) is 0 Å². The van der Waals surface area contributed by atoms with E-state index in [1.165, 1.54) is 6.33 Å². The number of hydrogen-bond acceptors (Lipinski definition) is 7. The predicted octanol–water partition coefficient (Wildman–Crippen LogP) is 2.50. The molecule has 1 aromatic heterocycles. The fourth-order valence-corrected chi connectivity index (χ4v) is 4.47. The summed E-state index contributed by atoms with van der Waals surface area (Å²) in [4.78, 5) is 13.0. The lowest BCUT2D eigenvalue weighted by Crippen LogP contribution is -1.92. The Bertz CT molecular complexity index is 326. The number of thiol groups is 1. The SMILES string of the molecule is Sc1ncnc(C2=CSSS2)n1. The zero-order chi connectivity index (χ0) is 8.39. The van der Waals surface area contributed by atoms with Crippen LogP contribution in [-0.4, -0.2) is 15.0 Å². The number of nitrogens with zero attached hydrogens (tertiary/aromatic N) is 3. The lowest BCUT2D eigenvalue weighted by Gasteiger charge is -1.96. The molecule has 0 spiro atoms. The minimum atomic E-state index is 0.461. The molecule has 7 heteroatoms. The van der Waals surface area contributed by atoms with Gasteiger partial charge in [-0.3, -0.25) is 0 Å². The van der Waals surface area contributed by atoms with E-state index in [2.05, 4.69) is 27.6 Å². The van der Waals surface area contributed by atoms with Crippen molar-refractivity contribution in [1.29, 1.82) is 0 Å². The number of hydrogen-bond donors (Lipinski definition) is 1. The van der Waals surface area contributed by atoms with Crippen LogP contribution in [0.4, 0.5) is 0 Å². The Morgan fingerprint density at radius 3 is 2.92 bits per heavy atom. The molecule has 0 amide bonds. The first kappa shape index (κ1) is 8.74. The van der Waals surface area contributed by atoms with Crippen molar-refractivity contribution in [3.63, 3.8) is 0 Å². The van der Waals surface area contributed by atoms with Gasteiger partial charge in [0.1, 0.15) is 6.33 Å². The summed E-state index contributed by atoms with van der Waals surface area (Å²) in [5, 5.41) is 2.49. The zero-order valence-corrected chi connectivity index (χ0v) is 9.01. The van der Waals surface area contributed by atoms with Crippen molar-refractivity contribution in [2.24, 2.45) is 0 Å². The summed E-state index contributed by atoms with van der Waals surface area (Å²) in [6.07, 6.45) is 1.47. The molecule has 3 nitrogen and oxygen atoms in total. The molecule has 12 heavy (non-hydrogen) atoms. The van der Waals surface area contributed by atoms with Crippen molar-refractivity contribution in [2.45, 2.75) is 5.16 Å². The molecule has 1 aromatic rings. The summed E-state index contributed by atoms with van der Waals surface area (Å²) in [6.45, 7) is 0. The predicted molar refractivity (Wildman–Crippen MR) is 57.8 cm³/mol. The highest BCUT2D eigenvalue weighted by molar-refractivity contribution is 9.13. The summed E-state index contributed by atoms with van der Waals surface area (Å²) in [7, 11) is 5.03. The van der Waals surface area contributed by atoms with Gasteiger partial charge in [0.05, 0.1) is 4.91 Å². The van der Waals surface area contributed by atoms with Crippen LogP contribution in [0, 0.1) is 0 Å². The minimum absolute atomic E-state index is 0.461. The molecule has 0 fully saturated rings. The van der Waals surface area contributed by atoms with Crippen LogP contribution in [0.1, 0.15) is 5.82 Å². The van der Waals surface area contributed by atoms with E-state index in [-0.39, 0.29) is 0 Å². The molecule has 0 N–H and O–H groups in total. The van der Waals surface area contributed by atoms with Gasteiger partial charge in [-0.2, -0.15) is 0 Å². The molecule has 2 rings (SSSR count). The molecule has 2 heterocycles. The van der Waals surface area contributed by atoms with E-state index in [9.17, 15) is 0 Å². The first-order valence-corrected chi connectivity index (χ1v) is 6.94. The van der Waals surface area contributed by atoms with Gasteiger partial charge in [0.15, 0.2) is 11.0 Å². The summed E-state index contributed by atoms with van der Waals surface area (Å²) < 4.78 is 0. The van der Waals surface area contributed by atoms with E-state index in [0.717, 1.165) is 4.91 Å². The summed E-state index contributed by atoms with van der Waals surface area (Å²) >= 11 is 4.03. The fraction of sp³-hybridized carbons (Fsp3) is 0.